The molecule has 0 saturated carbocycles. The van der Waals surface area contributed by atoms with Gasteiger partial charge in [-0.2, -0.15) is 0 Å². The molecule has 14 nitrogen and oxygen atoms in total. The number of rotatable bonds is 10. The number of hydrogen-bond acceptors (Lipinski definition) is 8. The number of carbonyl (C=O) groups is 2. The molecule has 2 fully saturated rings. The number of likely N-dealkylation sites (tertiary alicyclic amines) is 2. The summed E-state index contributed by atoms with van der Waals surface area (Å²) >= 11 is 0. The molecule has 0 atom stereocenters. The van der Waals surface area contributed by atoms with Crippen molar-refractivity contribution in [2.45, 2.75) is 65.2 Å². The number of quaternary nitrogens is 2. The van der Waals surface area contributed by atoms with Crippen LogP contribution in [0, 0.1) is 30.6 Å². The molecule has 2 N–H and O–H groups in total. The van der Waals surface area contributed by atoms with Crippen LogP contribution in [0.15, 0.2) is 0 Å². The second-order valence-electron chi connectivity index (χ2n) is 8.70. The Morgan fingerprint density at radius 3 is 1.09 bits per heavy atom. The second kappa shape index (κ2) is 21.3. The van der Waals surface area contributed by atoms with Crippen LogP contribution in [0.2, 0.25) is 0 Å². The largest absolute Gasteiger partial charge is 0.477 e. The van der Waals surface area contributed by atoms with E-state index in [1.807, 2.05) is 0 Å². The molecule has 0 aromatic rings. The molecule has 1 radical (unpaired) electrons. The predicted molar refractivity (Wildman–Crippen MR) is 124 cm³/mol. The standard InChI is InChI=1S/2C10H19NO2.Ag.2NO3/c2*1-2-3-6-11(9-10(12)13)7-4-5-8-11;;2*2-1(3)4/h2*2-9H2,1H3;;;/q;;;2*-1/p+2. The molecule has 15 heteroatoms. The Hall–Kier alpha value is -2.00. The summed E-state index contributed by atoms with van der Waals surface area (Å²) in [5.41, 5.74) is 0. The molecule has 0 aliphatic carbocycles. The van der Waals surface area contributed by atoms with Gasteiger partial charge in [0.05, 0.1) is 49.4 Å². The Kier molecular flexibility index (Phi) is 22.8. The number of aliphatic carboxylic acids is 2. The summed E-state index contributed by atoms with van der Waals surface area (Å²) < 4.78 is 1.67. The summed E-state index contributed by atoms with van der Waals surface area (Å²) in [7, 11) is 0. The average molecular weight is 604 g/mol. The normalized spacial score (nSPS) is 16.5. The van der Waals surface area contributed by atoms with Gasteiger partial charge in [-0.05, 0) is 12.8 Å². The molecular formula is C20H40AgN4O10. The van der Waals surface area contributed by atoms with Gasteiger partial charge in [0.25, 0.3) is 0 Å². The zero-order valence-corrected chi connectivity index (χ0v) is 22.0. The molecule has 2 aliphatic rings. The van der Waals surface area contributed by atoms with Gasteiger partial charge >= 0.3 is 11.9 Å². The van der Waals surface area contributed by atoms with E-state index in [1.54, 1.807) is 0 Å². The van der Waals surface area contributed by atoms with Crippen LogP contribution in [0.25, 0.3) is 0 Å². The van der Waals surface area contributed by atoms with Crippen molar-refractivity contribution in [2.75, 3.05) is 52.4 Å². The topological polar surface area (TPSA) is 207 Å². The van der Waals surface area contributed by atoms with Gasteiger partial charge in [0.1, 0.15) is 0 Å². The third kappa shape index (κ3) is 22.2. The van der Waals surface area contributed by atoms with Crippen LogP contribution in [-0.4, -0.2) is 93.6 Å². The van der Waals surface area contributed by atoms with Crippen molar-refractivity contribution in [2.24, 2.45) is 0 Å². The van der Waals surface area contributed by atoms with Crippen molar-refractivity contribution in [3.63, 3.8) is 0 Å². The fourth-order valence-corrected chi connectivity index (χ4v) is 4.49. The van der Waals surface area contributed by atoms with Crippen LogP contribution in [0.3, 0.4) is 0 Å². The van der Waals surface area contributed by atoms with E-state index in [0.29, 0.717) is 13.1 Å². The van der Waals surface area contributed by atoms with Crippen LogP contribution in [0.5, 0.6) is 0 Å². The number of carboxylic acid groups (broad SMARTS) is 2. The Labute approximate surface area is 221 Å². The Morgan fingerprint density at radius 2 is 0.914 bits per heavy atom. The van der Waals surface area contributed by atoms with Crippen LogP contribution >= 0.6 is 0 Å². The number of unbranched alkanes of at least 4 members (excludes halogenated alkanes) is 2. The zero-order valence-electron chi connectivity index (χ0n) is 20.6. The first-order valence-electron chi connectivity index (χ1n) is 11.6. The fourth-order valence-electron chi connectivity index (χ4n) is 4.49. The maximum atomic E-state index is 10.7. The van der Waals surface area contributed by atoms with Crippen molar-refractivity contribution in [1.29, 1.82) is 0 Å². The Bertz CT molecular complexity index is 553. The van der Waals surface area contributed by atoms with Gasteiger partial charge in [-0.3, -0.25) is 0 Å². The number of nitrogens with zero attached hydrogens (tertiary/aromatic N) is 4. The van der Waals surface area contributed by atoms with Crippen molar-refractivity contribution in [3.05, 3.63) is 30.6 Å². The maximum Gasteiger partial charge on any atom is 0.359 e. The van der Waals surface area contributed by atoms with Gasteiger partial charge in [0.2, 0.25) is 0 Å². The van der Waals surface area contributed by atoms with E-state index in [0.717, 1.165) is 61.1 Å². The van der Waals surface area contributed by atoms with Gasteiger partial charge in [-0.25, -0.2) is 9.59 Å². The van der Waals surface area contributed by atoms with E-state index < -0.39 is 22.1 Å². The SMILES string of the molecule is CCCC[N+]1(CC(=O)O)CCCC1.CCCC[N+]1(CC(=O)O)CCCC1.O=[N+]([O-])[O-].O=[N+]([O-])[O-].[Ag]. The molecule has 0 spiro atoms. The molecule has 0 aromatic heterocycles. The van der Waals surface area contributed by atoms with Crippen molar-refractivity contribution in [3.8, 4) is 0 Å². The smallest absolute Gasteiger partial charge is 0.359 e. The summed E-state index contributed by atoms with van der Waals surface area (Å²) in [6, 6.07) is 0. The number of hydrogen-bond donors (Lipinski definition) is 2. The minimum atomic E-state index is -1.75. The van der Waals surface area contributed by atoms with Crippen LogP contribution < -0.4 is 0 Å². The van der Waals surface area contributed by atoms with Gasteiger partial charge in [0, 0.05) is 48.1 Å². The summed E-state index contributed by atoms with van der Waals surface area (Å²) in [6.07, 6.45) is 9.47. The molecule has 211 valence electrons. The molecule has 2 rings (SSSR count). The molecule has 0 unspecified atom stereocenters. The Morgan fingerprint density at radius 1 is 0.686 bits per heavy atom. The third-order valence-corrected chi connectivity index (χ3v) is 5.94. The van der Waals surface area contributed by atoms with Gasteiger partial charge in [0.15, 0.2) is 13.1 Å². The van der Waals surface area contributed by atoms with Gasteiger partial charge < -0.3 is 49.8 Å². The van der Waals surface area contributed by atoms with Crippen LogP contribution in [-0.2, 0) is 32.0 Å². The summed E-state index contributed by atoms with van der Waals surface area (Å²) in [5.74, 6) is -1.28. The fraction of sp³-hybridized carbons (Fsp3) is 0.900. The molecule has 2 saturated heterocycles. The Balaban J connectivity index is -0.000000440. The molecule has 0 amide bonds. The van der Waals surface area contributed by atoms with E-state index >= 15 is 0 Å². The summed E-state index contributed by atoms with van der Waals surface area (Å²) in [5, 5.41) is 47.1. The molecular weight excluding hydrogens is 564 g/mol. The molecule has 2 aliphatic heterocycles. The van der Waals surface area contributed by atoms with E-state index in [-0.39, 0.29) is 22.4 Å². The average Bonchev–Trinajstić information content (AvgIpc) is 3.34. The first-order valence-corrected chi connectivity index (χ1v) is 11.6. The molecule has 2 heterocycles. The molecule has 35 heavy (non-hydrogen) atoms. The van der Waals surface area contributed by atoms with Gasteiger partial charge in [-0.15, -0.1) is 0 Å². The third-order valence-electron chi connectivity index (χ3n) is 5.94. The number of carboxylic acids is 2. The first-order chi connectivity index (χ1) is 15.8. The summed E-state index contributed by atoms with van der Waals surface area (Å²) in [4.78, 5) is 37.9. The monoisotopic (exact) mass is 603 g/mol. The second-order valence-corrected chi connectivity index (χ2v) is 8.70. The first kappa shape index (κ1) is 37.5. The molecule has 0 bridgehead atoms. The van der Waals surface area contributed by atoms with Crippen molar-refractivity contribution in [1.82, 2.24) is 0 Å². The van der Waals surface area contributed by atoms with Gasteiger partial charge in [-0.1, -0.05) is 26.7 Å². The quantitative estimate of drug-likeness (QED) is 0.161. The van der Waals surface area contributed by atoms with Crippen molar-refractivity contribution >= 4 is 11.9 Å². The van der Waals surface area contributed by atoms with E-state index in [2.05, 4.69) is 13.8 Å². The zero-order chi connectivity index (χ0) is 26.6. The van der Waals surface area contributed by atoms with E-state index in [1.165, 1.54) is 38.5 Å². The minimum Gasteiger partial charge on any atom is -0.477 e. The molecule has 0 aromatic carbocycles. The predicted octanol–water partition coefficient (Wildman–Crippen LogP) is 2.48. The van der Waals surface area contributed by atoms with E-state index in [4.69, 9.17) is 40.9 Å². The maximum absolute atomic E-state index is 10.7. The minimum absolute atomic E-state index is 0. The van der Waals surface area contributed by atoms with Crippen molar-refractivity contribution < 1.29 is 61.3 Å². The summed E-state index contributed by atoms with van der Waals surface area (Å²) in [6.45, 7) is 11.4. The van der Waals surface area contributed by atoms with Crippen LogP contribution in [0.4, 0.5) is 0 Å². The van der Waals surface area contributed by atoms with Crippen LogP contribution in [0.1, 0.15) is 65.2 Å². The van der Waals surface area contributed by atoms with E-state index in [9.17, 15) is 9.59 Å².